The largest absolute Gasteiger partial charge is 0.383 e. The minimum absolute atomic E-state index is 0.0180. The van der Waals surface area contributed by atoms with Gasteiger partial charge in [0.15, 0.2) is 0 Å². The molecule has 4 nitrogen and oxygen atoms in total. The zero-order chi connectivity index (χ0) is 14.2. The van der Waals surface area contributed by atoms with Gasteiger partial charge < -0.3 is 15.0 Å². The summed E-state index contributed by atoms with van der Waals surface area (Å²) in [5.41, 5.74) is 1.50. The van der Waals surface area contributed by atoms with Crippen molar-refractivity contribution >= 4 is 5.91 Å². The van der Waals surface area contributed by atoms with E-state index in [0.717, 1.165) is 11.3 Å². The van der Waals surface area contributed by atoms with E-state index in [9.17, 15) is 9.90 Å². The summed E-state index contributed by atoms with van der Waals surface area (Å²) in [4.78, 5) is 17.2. The molecule has 1 aliphatic heterocycles. The summed E-state index contributed by atoms with van der Waals surface area (Å²) in [6, 6.07) is 11.4. The standard InChI is InChI=1S/C16H18N2O2/c1-12-14(7-9-17-12)15(19)18-10-8-16(20,11-18)13-5-3-2-4-6-13/h2-7,9,17,20H,8,10-11H2,1H3/t16-/m1/s1. The van der Waals surface area contributed by atoms with E-state index >= 15 is 0 Å². The van der Waals surface area contributed by atoms with Crippen LogP contribution in [0, 0.1) is 6.92 Å². The molecule has 1 aliphatic rings. The highest BCUT2D eigenvalue weighted by Crippen LogP contribution is 2.32. The Morgan fingerprint density at radius 3 is 2.70 bits per heavy atom. The molecule has 2 aromatic rings. The van der Waals surface area contributed by atoms with E-state index < -0.39 is 5.60 Å². The van der Waals surface area contributed by atoms with E-state index in [1.54, 1.807) is 17.2 Å². The van der Waals surface area contributed by atoms with Crippen LogP contribution in [0.2, 0.25) is 0 Å². The van der Waals surface area contributed by atoms with Crippen molar-refractivity contribution in [3.8, 4) is 0 Å². The van der Waals surface area contributed by atoms with Gasteiger partial charge in [0.1, 0.15) is 5.60 Å². The van der Waals surface area contributed by atoms with Gasteiger partial charge in [-0.15, -0.1) is 0 Å². The van der Waals surface area contributed by atoms with E-state index in [1.807, 2.05) is 37.3 Å². The molecule has 0 unspecified atom stereocenters. The van der Waals surface area contributed by atoms with Crippen LogP contribution >= 0.6 is 0 Å². The first-order chi connectivity index (χ1) is 9.60. The van der Waals surface area contributed by atoms with Crippen molar-refractivity contribution in [2.24, 2.45) is 0 Å². The topological polar surface area (TPSA) is 56.3 Å². The molecule has 0 bridgehead atoms. The number of amides is 1. The monoisotopic (exact) mass is 270 g/mol. The molecule has 1 saturated heterocycles. The number of benzene rings is 1. The maximum absolute atomic E-state index is 12.4. The van der Waals surface area contributed by atoms with E-state index in [-0.39, 0.29) is 5.91 Å². The van der Waals surface area contributed by atoms with Crippen LogP contribution in [0.1, 0.15) is 28.0 Å². The molecule has 1 aromatic carbocycles. The fourth-order valence-corrected chi connectivity index (χ4v) is 2.81. The van der Waals surface area contributed by atoms with Crippen LogP contribution < -0.4 is 0 Å². The van der Waals surface area contributed by atoms with Gasteiger partial charge in [0.2, 0.25) is 0 Å². The Balaban J connectivity index is 1.80. The molecular weight excluding hydrogens is 252 g/mol. The third-order valence-electron chi connectivity index (χ3n) is 4.03. The molecule has 1 aromatic heterocycles. The van der Waals surface area contributed by atoms with Crippen molar-refractivity contribution in [3.63, 3.8) is 0 Å². The Bertz CT molecular complexity index is 620. The van der Waals surface area contributed by atoms with Gasteiger partial charge in [0.25, 0.3) is 5.91 Å². The highest BCUT2D eigenvalue weighted by atomic mass is 16.3. The molecule has 104 valence electrons. The minimum Gasteiger partial charge on any atom is -0.383 e. The Morgan fingerprint density at radius 2 is 2.05 bits per heavy atom. The number of aryl methyl sites for hydroxylation is 1. The van der Waals surface area contributed by atoms with Crippen LogP contribution in [-0.4, -0.2) is 34.0 Å². The Kier molecular flexibility index (Phi) is 3.10. The second kappa shape index (κ2) is 4.80. The molecule has 20 heavy (non-hydrogen) atoms. The van der Waals surface area contributed by atoms with Crippen LogP contribution in [-0.2, 0) is 5.60 Å². The SMILES string of the molecule is Cc1[nH]ccc1C(=O)N1CC[C@](O)(c2ccccc2)C1. The number of hydrogen-bond donors (Lipinski definition) is 2. The number of likely N-dealkylation sites (tertiary alicyclic amines) is 1. The van der Waals surface area contributed by atoms with Gasteiger partial charge in [-0.3, -0.25) is 4.79 Å². The lowest BCUT2D eigenvalue weighted by Gasteiger charge is -2.24. The summed E-state index contributed by atoms with van der Waals surface area (Å²) >= 11 is 0. The van der Waals surface area contributed by atoms with Gasteiger partial charge in [-0.1, -0.05) is 30.3 Å². The quantitative estimate of drug-likeness (QED) is 0.877. The highest BCUT2D eigenvalue weighted by Gasteiger charge is 2.39. The number of aliphatic hydroxyl groups is 1. The van der Waals surface area contributed by atoms with Gasteiger partial charge in [-0.2, -0.15) is 0 Å². The normalized spacial score (nSPS) is 22.2. The first-order valence-electron chi connectivity index (χ1n) is 6.81. The number of aromatic amines is 1. The number of β-amino-alcohol motifs (C(OH)–C–C–N with tert-alkyl or cyclic N) is 1. The zero-order valence-corrected chi connectivity index (χ0v) is 11.5. The number of rotatable bonds is 2. The van der Waals surface area contributed by atoms with Crippen LogP contribution in [0.5, 0.6) is 0 Å². The van der Waals surface area contributed by atoms with Crippen LogP contribution in [0.3, 0.4) is 0 Å². The predicted octanol–water partition coefficient (Wildman–Crippen LogP) is 2.06. The van der Waals surface area contributed by atoms with Gasteiger partial charge in [-0.05, 0) is 25.0 Å². The Labute approximate surface area is 118 Å². The molecule has 0 saturated carbocycles. The molecule has 0 aliphatic carbocycles. The second-order valence-electron chi connectivity index (χ2n) is 5.39. The van der Waals surface area contributed by atoms with E-state index in [2.05, 4.69) is 4.98 Å². The lowest BCUT2D eigenvalue weighted by molar-refractivity contribution is 0.0417. The molecule has 0 radical (unpaired) electrons. The molecule has 2 heterocycles. The zero-order valence-electron chi connectivity index (χ0n) is 11.5. The van der Waals surface area contributed by atoms with Gasteiger partial charge in [0.05, 0.1) is 12.1 Å². The van der Waals surface area contributed by atoms with Crippen LogP contribution in [0.15, 0.2) is 42.6 Å². The minimum atomic E-state index is -0.929. The van der Waals surface area contributed by atoms with Crippen molar-refractivity contribution in [3.05, 3.63) is 59.4 Å². The number of carbonyl (C=O) groups is 1. The summed E-state index contributed by atoms with van der Waals surface area (Å²) in [5, 5.41) is 10.7. The fourth-order valence-electron chi connectivity index (χ4n) is 2.81. The molecule has 1 amide bonds. The number of nitrogens with zero attached hydrogens (tertiary/aromatic N) is 1. The first kappa shape index (κ1) is 12.9. The lowest BCUT2D eigenvalue weighted by Crippen LogP contribution is -2.34. The number of nitrogens with one attached hydrogen (secondary N) is 1. The number of hydrogen-bond acceptors (Lipinski definition) is 2. The fraction of sp³-hybridized carbons (Fsp3) is 0.312. The summed E-state index contributed by atoms with van der Waals surface area (Å²) in [6.07, 6.45) is 2.34. The van der Waals surface area contributed by atoms with Gasteiger partial charge >= 0.3 is 0 Å². The van der Waals surface area contributed by atoms with Gasteiger partial charge in [0, 0.05) is 18.4 Å². The van der Waals surface area contributed by atoms with Crippen molar-refractivity contribution < 1.29 is 9.90 Å². The first-order valence-corrected chi connectivity index (χ1v) is 6.81. The van der Waals surface area contributed by atoms with Crippen LogP contribution in [0.25, 0.3) is 0 Å². The van der Waals surface area contributed by atoms with Crippen molar-refractivity contribution in [2.45, 2.75) is 18.9 Å². The maximum atomic E-state index is 12.4. The van der Waals surface area contributed by atoms with Crippen molar-refractivity contribution in [1.82, 2.24) is 9.88 Å². The summed E-state index contributed by atoms with van der Waals surface area (Å²) in [5.74, 6) is -0.0180. The van der Waals surface area contributed by atoms with Crippen LogP contribution in [0.4, 0.5) is 0 Å². The number of H-pyrrole nitrogens is 1. The molecule has 4 heteroatoms. The smallest absolute Gasteiger partial charge is 0.255 e. The average molecular weight is 270 g/mol. The van der Waals surface area contributed by atoms with Crippen molar-refractivity contribution in [1.29, 1.82) is 0 Å². The molecule has 2 N–H and O–H groups in total. The summed E-state index contributed by atoms with van der Waals surface area (Å²) < 4.78 is 0. The molecule has 3 rings (SSSR count). The average Bonchev–Trinajstić information content (AvgIpc) is 3.06. The Hall–Kier alpha value is -2.07. The molecular formula is C16H18N2O2. The maximum Gasteiger partial charge on any atom is 0.255 e. The highest BCUT2D eigenvalue weighted by molar-refractivity contribution is 5.95. The Morgan fingerprint density at radius 1 is 1.30 bits per heavy atom. The number of carbonyl (C=O) groups excluding carboxylic acids is 1. The molecule has 1 fully saturated rings. The van der Waals surface area contributed by atoms with Gasteiger partial charge in [-0.25, -0.2) is 0 Å². The third-order valence-corrected chi connectivity index (χ3v) is 4.03. The second-order valence-corrected chi connectivity index (χ2v) is 5.39. The third kappa shape index (κ3) is 2.12. The summed E-state index contributed by atoms with van der Waals surface area (Å²) in [6.45, 7) is 2.81. The van der Waals surface area contributed by atoms with Crippen molar-refractivity contribution in [2.75, 3.05) is 13.1 Å². The van der Waals surface area contributed by atoms with E-state index in [4.69, 9.17) is 0 Å². The molecule has 0 spiro atoms. The summed E-state index contributed by atoms with van der Waals surface area (Å²) in [7, 11) is 0. The molecule has 1 atom stereocenters. The number of aromatic nitrogens is 1. The lowest BCUT2D eigenvalue weighted by atomic mass is 9.93. The van der Waals surface area contributed by atoms with E-state index in [0.29, 0.717) is 25.1 Å². The van der Waals surface area contributed by atoms with E-state index in [1.165, 1.54) is 0 Å². The predicted molar refractivity (Wildman–Crippen MR) is 76.4 cm³/mol.